The SMILES string of the molecule is C#CC(CCC)NC(=O)[C@@H]1CCCCN1. The fourth-order valence-electron chi connectivity index (χ4n) is 1.83. The number of rotatable bonds is 4. The summed E-state index contributed by atoms with van der Waals surface area (Å²) in [4.78, 5) is 11.8. The summed E-state index contributed by atoms with van der Waals surface area (Å²) in [6, 6.07) is -0.141. The second kappa shape index (κ2) is 6.47. The molecule has 0 aromatic rings. The average molecular weight is 208 g/mol. The number of piperidine rings is 1. The van der Waals surface area contributed by atoms with E-state index in [2.05, 4.69) is 23.5 Å². The van der Waals surface area contributed by atoms with Gasteiger partial charge >= 0.3 is 0 Å². The highest BCUT2D eigenvalue weighted by molar-refractivity contribution is 5.82. The van der Waals surface area contributed by atoms with E-state index in [0.717, 1.165) is 38.6 Å². The molecular weight excluding hydrogens is 188 g/mol. The van der Waals surface area contributed by atoms with Crippen LogP contribution in [-0.4, -0.2) is 24.5 Å². The van der Waals surface area contributed by atoms with Crippen LogP contribution in [0.5, 0.6) is 0 Å². The van der Waals surface area contributed by atoms with E-state index < -0.39 is 0 Å². The third-order valence-corrected chi connectivity index (χ3v) is 2.72. The van der Waals surface area contributed by atoms with Gasteiger partial charge in [-0.3, -0.25) is 4.79 Å². The van der Waals surface area contributed by atoms with E-state index in [0.29, 0.717) is 0 Å². The second-order valence-corrected chi connectivity index (χ2v) is 4.02. The topological polar surface area (TPSA) is 41.1 Å². The third-order valence-electron chi connectivity index (χ3n) is 2.72. The molecule has 0 aromatic carbocycles. The molecular formula is C12H20N2O. The summed E-state index contributed by atoms with van der Waals surface area (Å²) < 4.78 is 0. The lowest BCUT2D eigenvalue weighted by Gasteiger charge is -2.24. The van der Waals surface area contributed by atoms with Gasteiger partial charge in [0.05, 0.1) is 12.1 Å². The standard InChI is InChI=1S/C12H20N2O/c1-3-7-10(4-2)14-12(15)11-8-5-6-9-13-11/h2,10-11,13H,3,5-9H2,1H3,(H,14,15)/t10?,11-/m0/s1. The molecule has 1 rings (SSSR count). The monoisotopic (exact) mass is 208 g/mol. The molecule has 0 bridgehead atoms. The van der Waals surface area contributed by atoms with Gasteiger partial charge in [0.1, 0.15) is 0 Å². The third kappa shape index (κ3) is 3.93. The molecule has 84 valence electrons. The average Bonchev–Trinajstić information content (AvgIpc) is 2.29. The first-order valence-electron chi connectivity index (χ1n) is 5.77. The zero-order chi connectivity index (χ0) is 11.1. The highest BCUT2D eigenvalue weighted by atomic mass is 16.2. The number of amides is 1. The van der Waals surface area contributed by atoms with Crippen molar-refractivity contribution in [2.24, 2.45) is 0 Å². The van der Waals surface area contributed by atoms with Gasteiger partial charge in [-0.1, -0.05) is 25.7 Å². The van der Waals surface area contributed by atoms with Crippen molar-refractivity contribution in [3.05, 3.63) is 0 Å². The Morgan fingerprint density at radius 1 is 1.67 bits per heavy atom. The molecule has 1 unspecified atom stereocenters. The number of carbonyl (C=O) groups excluding carboxylic acids is 1. The summed E-state index contributed by atoms with van der Waals surface area (Å²) in [6.07, 6.45) is 10.4. The fourth-order valence-corrected chi connectivity index (χ4v) is 1.83. The van der Waals surface area contributed by atoms with Gasteiger partial charge in [0.2, 0.25) is 5.91 Å². The molecule has 0 spiro atoms. The molecule has 15 heavy (non-hydrogen) atoms. The van der Waals surface area contributed by atoms with Gasteiger partial charge < -0.3 is 10.6 Å². The predicted molar refractivity (Wildman–Crippen MR) is 61.3 cm³/mol. The summed E-state index contributed by atoms with van der Waals surface area (Å²) in [5.41, 5.74) is 0. The minimum Gasteiger partial charge on any atom is -0.341 e. The van der Waals surface area contributed by atoms with Crippen LogP contribution in [0, 0.1) is 12.3 Å². The van der Waals surface area contributed by atoms with Crippen molar-refractivity contribution in [2.75, 3.05) is 6.54 Å². The van der Waals surface area contributed by atoms with E-state index in [9.17, 15) is 4.79 Å². The van der Waals surface area contributed by atoms with Gasteiger partial charge in [-0.05, 0) is 25.8 Å². The Morgan fingerprint density at radius 2 is 2.47 bits per heavy atom. The van der Waals surface area contributed by atoms with Gasteiger partial charge in [0, 0.05) is 0 Å². The molecule has 2 atom stereocenters. The van der Waals surface area contributed by atoms with E-state index in [-0.39, 0.29) is 18.0 Å². The molecule has 0 aliphatic carbocycles. The molecule has 0 aromatic heterocycles. The van der Waals surface area contributed by atoms with E-state index in [1.54, 1.807) is 0 Å². The Bertz CT molecular complexity index is 238. The van der Waals surface area contributed by atoms with Crippen molar-refractivity contribution in [3.63, 3.8) is 0 Å². The van der Waals surface area contributed by atoms with Crippen molar-refractivity contribution >= 4 is 5.91 Å². The summed E-state index contributed by atoms with van der Waals surface area (Å²) >= 11 is 0. The predicted octanol–water partition coefficient (Wildman–Crippen LogP) is 1.05. The molecule has 3 heteroatoms. The molecule has 0 saturated carbocycles. The number of nitrogens with one attached hydrogen (secondary N) is 2. The van der Waals surface area contributed by atoms with Gasteiger partial charge in [-0.15, -0.1) is 6.42 Å². The Balaban J connectivity index is 2.36. The fraction of sp³-hybridized carbons (Fsp3) is 0.750. The number of hydrogen-bond acceptors (Lipinski definition) is 2. The smallest absolute Gasteiger partial charge is 0.238 e. The minimum absolute atomic E-state index is 0.0357. The van der Waals surface area contributed by atoms with Crippen molar-refractivity contribution in [3.8, 4) is 12.3 Å². The van der Waals surface area contributed by atoms with E-state index >= 15 is 0 Å². The van der Waals surface area contributed by atoms with Gasteiger partial charge in [-0.25, -0.2) is 0 Å². The summed E-state index contributed by atoms with van der Waals surface area (Å²) in [5.74, 6) is 2.67. The zero-order valence-electron chi connectivity index (χ0n) is 9.38. The summed E-state index contributed by atoms with van der Waals surface area (Å²) in [5, 5.41) is 6.11. The van der Waals surface area contributed by atoms with E-state index in [4.69, 9.17) is 6.42 Å². The van der Waals surface area contributed by atoms with Crippen LogP contribution in [0.15, 0.2) is 0 Å². The van der Waals surface area contributed by atoms with Crippen LogP contribution in [-0.2, 0) is 4.79 Å². The summed E-state index contributed by atoms with van der Waals surface area (Å²) in [7, 11) is 0. The van der Waals surface area contributed by atoms with Crippen LogP contribution in [0.4, 0.5) is 0 Å². The number of carbonyl (C=O) groups is 1. The first kappa shape index (κ1) is 12.1. The van der Waals surface area contributed by atoms with Crippen LogP contribution < -0.4 is 10.6 Å². The highest BCUT2D eigenvalue weighted by Gasteiger charge is 2.21. The Labute approximate surface area is 92.0 Å². The first-order chi connectivity index (χ1) is 7.27. The van der Waals surface area contributed by atoms with Crippen LogP contribution in [0.3, 0.4) is 0 Å². The highest BCUT2D eigenvalue weighted by Crippen LogP contribution is 2.07. The molecule has 1 heterocycles. The molecule has 1 aliphatic heterocycles. The van der Waals surface area contributed by atoms with Crippen molar-refractivity contribution in [2.45, 2.75) is 51.1 Å². The molecule has 0 radical (unpaired) electrons. The largest absolute Gasteiger partial charge is 0.341 e. The summed E-state index contributed by atoms with van der Waals surface area (Å²) in [6.45, 7) is 3.00. The maximum atomic E-state index is 11.8. The zero-order valence-corrected chi connectivity index (χ0v) is 9.38. The Hall–Kier alpha value is -1.01. The molecule has 1 fully saturated rings. The van der Waals surface area contributed by atoms with Crippen molar-refractivity contribution < 1.29 is 4.79 Å². The Morgan fingerprint density at radius 3 is 3.00 bits per heavy atom. The maximum absolute atomic E-state index is 11.8. The van der Waals surface area contributed by atoms with Gasteiger partial charge in [-0.2, -0.15) is 0 Å². The quantitative estimate of drug-likeness (QED) is 0.678. The molecule has 1 aliphatic rings. The first-order valence-corrected chi connectivity index (χ1v) is 5.77. The molecule has 1 amide bonds. The normalized spacial score (nSPS) is 22.8. The van der Waals surface area contributed by atoms with E-state index in [1.165, 1.54) is 0 Å². The van der Waals surface area contributed by atoms with Crippen LogP contribution in [0.2, 0.25) is 0 Å². The van der Waals surface area contributed by atoms with Crippen LogP contribution in [0.1, 0.15) is 39.0 Å². The van der Waals surface area contributed by atoms with Crippen molar-refractivity contribution in [1.29, 1.82) is 0 Å². The van der Waals surface area contributed by atoms with Crippen LogP contribution >= 0.6 is 0 Å². The minimum atomic E-state index is -0.105. The maximum Gasteiger partial charge on any atom is 0.238 e. The van der Waals surface area contributed by atoms with Gasteiger partial charge in [0.15, 0.2) is 0 Å². The van der Waals surface area contributed by atoms with Gasteiger partial charge in [0.25, 0.3) is 0 Å². The number of terminal acetylenes is 1. The van der Waals surface area contributed by atoms with Crippen molar-refractivity contribution in [1.82, 2.24) is 10.6 Å². The molecule has 1 saturated heterocycles. The lowest BCUT2D eigenvalue weighted by atomic mass is 10.0. The van der Waals surface area contributed by atoms with E-state index in [1.807, 2.05) is 0 Å². The second-order valence-electron chi connectivity index (χ2n) is 4.02. The number of hydrogen-bond donors (Lipinski definition) is 2. The lowest BCUT2D eigenvalue weighted by Crippen LogP contribution is -2.49. The Kier molecular flexibility index (Phi) is 5.20. The lowest BCUT2D eigenvalue weighted by molar-refractivity contribution is -0.124. The molecule has 3 nitrogen and oxygen atoms in total. The van der Waals surface area contributed by atoms with Crippen LogP contribution in [0.25, 0.3) is 0 Å². The molecule has 2 N–H and O–H groups in total.